The van der Waals surface area contributed by atoms with Gasteiger partial charge in [0.15, 0.2) is 0 Å². The molecule has 0 aliphatic carbocycles. The molecule has 0 saturated carbocycles. The molecule has 0 saturated heterocycles. The van der Waals surface area contributed by atoms with Crippen molar-refractivity contribution in [2.24, 2.45) is 11.8 Å². The summed E-state index contributed by atoms with van der Waals surface area (Å²) in [4.78, 5) is 4.26. The van der Waals surface area contributed by atoms with Crippen molar-refractivity contribution in [3.63, 3.8) is 0 Å². The average molecular weight is 227 g/mol. The fourth-order valence-corrected chi connectivity index (χ4v) is 1.39. The van der Waals surface area contributed by atoms with Crippen molar-refractivity contribution >= 4 is 6.01 Å². The third-order valence-corrected chi connectivity index (χ3v) is 2.22. The summed E-state index contributed by atoms with van der Waals surface area (Å²) < 4.78 is 10.4. The summed E-state index contributed by atoms with van der Waals surface area (Å²) in [5.41, 5.74) is 0. The van der Waals surface area contributed by atoms with Crippen LogP contribution in [0.5, 0.6) is 0 Å². The number of aromatic nitrogens is 2. The maximum atomic E-state index is 5.32. The minimum absolute atomic E-state index is 0.113. The molecule has 0 bridgehead atoms. The molecular formula is C11H21N3O2. The number of hydrogen-bond donors (Lipinski definition) is 1. The largest absolute Gasteiger partial charge is 0.373 e. The van der Waals surface area contributed by atoms with Gasteiger partial charge in [-0.3, -0.25) is 0 Å². The van der Waals surface area contributed by atoms with Crippen molar-refractivity contribution in [3.8, 4) is 0 Å². The van der Waals surface area contributed by atoms with Crippen molar-refractivity contribution in [1.29, 1.82) is 0 Å². The van der Waals surface area contributed by atoms with Crippen LogP contribution in [0.2, 0.25) is 0 Å². The topological polar surface area (TPSA) is 60.2 Å². The minimum atomic E-state index is -0.113. The van der Waals surface area contributed by atoms with Crippen LogP contribution in [-0.4, -0.2) is 23.8 Å². The molecule has 1 unspecified atom stereocenters. The molecule has 1 heterocycles. The molecular weight excluding hydrogens is 206 g/mol. The van der Waals surface area contributed by atoms with Crippen LogP contribution in [0, 0.1) is 11.8 Å². The van der Waals surface area contributed by atoms with E-state index in [2.05, 4.69) is 43.2 Å². The lowest BCUT2D eigenvalue weighted by Gasteiger charge is -2.14. The van der Waals surface area contributed by atoms with Crippen LogP contribution < -0.4 is 5.32 Å². The van der Waals surface area contributed by atoms with E-state index < -0.39 is 0 Å². The SMILES string of the molecule is COC(c1noc(NCC(C)C)n1)C(C)C. The highest BCUT2D eigenvalue weighted by Crippen LogP contribution is 2.23. The lowest BCUT2D eigenvalue weighted by Crippen LogP contribution is -2.11. The van der Waals surface area contributed by atoms with Crippen molar-refractivity contribution in [1.82, 2.24) is 10.1 Å². The summed E-state index contributed by atoms with van der Waals surface area (Å²) in [5, 5.41) is 7.00. The molecule has 16 heavy (non-hydrogen) atoms. The van der Waals surface area contributed by atoms with Crippen molar-refractivity contribution in [3.05, 3.63) is 5.82 Å². The molecule has 0 aromatic carbocycles. The Morgan fingerprint density at radius 3 is 2.50 bits per heavy atom. The van der Waals surface area contributed by atoms with Crippen LogP contribution in [0.1, 0.15) is 39.6 Å². The molecule has 0 amide bonds. The molecule has 92 valence electrons. The van der Waals surface area contributed by atoms with E-state index in [-0.39, 0.29) is 6.10 Å². The zero-order valence-electron chi connectivity index (χ0n) is 10.7. The maximum absolute atomic E-state index is 5.32. The van der Waals surface area contributed by atoms with Gasteiger partial charge in [0, 0.05) is 13.7 Å². The molecule has 1 aromatic heterocycles. The first kappa shape index (κ1) is 13.0. The van der Waals surface area contributed by atoms with E-state index in [0.717, 1.165) is 6.54 Å². The molecule has 1 atom stereocenters. The monoisotopic (exact) mass is 227 g/mol. The molecule has 1 aromatic rings. The molecule has 0 spiro atoms. The number of nitrogens with zero attached hydrogens (tertiary/aromatic N) is 2. The van der Waals surface area contributed by atoms with E-state index in [1.165, 1.54) is 0 Å². The molecule has 1 N–H and O–H groups in total. The molecule has 0 aliphatic rings. The quantitative estimate of drug-likeness (QED) is 0.809. The van der Waals surface area contributed by atoms with Gasteiger partial charge in [-0.2, -0.15) is 4.98 Å². The summed E-state index contributed by atoms with van der Waals surface area (Å²) in [6.07, 6.45) is -0.113. The Balaban J connectivity index is 2.62. The Bertz CT molecular complexity index is 310. The second-order valence-corrected chi connectivity index (χ2v) is 4.63. The fourth-order valence-electron chi connectivity index (χ4n) is 1.39. The number of methoxy groups -OCH3 is 1. The van der Waals surface area contributed by atoms with E-state index in [1.807, 2.05) is 0 Å². The predicted molar refractivity (Wildman–Crippen MR) is 62.2 cm³/mol. The third kappa shape index (κ3) is 3.48. The van der Waals surface area contributed by atoms with Crippen LogP contribution in [-0.2, 0) is 4.74 Å². The summed E-state index contributed by atoms with van der Waals surface area (Å²) >= 11 is 0. The van der Waals surface area contributed by atoms with E-state index in [4.69, 9.17) is 9.26 Å². The Labute approximate surface area is 96.6 Å². The molecule has 5 nitrogen and oxygen atoms in total. The van der Waals surface area contributed by atoms with Gasteiger partial charge in [0.2, 0.25) is 5.82 Å². The number of rotatable bonds is 6. The summed E-state index contributed by atoms with van der Waals surface area (Å²) in [7, 11) is 1.66. The highest BCUT2D eigenvalue weighted by atomic mass is 16.5. The van der Waals surface area contributed by atoms with E-state index in [1.54, 1.807) is 7.11 Å². The number of nitrogens with one attached hydrogen (secondary N) is 1. The van der Waals surface area contributed by atoms with E-state index in [9.17, 15) is 0 Å². The van der Waals surface area contributed by atoms with Gasteiger partial charge in [-0.15, -0.1) is 0 Å². The number of hydrogen-bond acceptors (Lipinski definition) is 5. The standard InChI is InChI=1S/C11H21N3O2/c1-7(2)6-12-11-13-10(14-16-11)9(15-5)8(3)4/h7-9H,6H2,1-5H3,(H,12,13,14). The van der Waals surface area contributed by atoms with Crippen LogP contribution in [0.25, 0.3) is 0 Å². The summed E-state index contributed by atoms with van der Waals surface area (Å²) in [6, 6.07) is 0.464. The second-order valence-electron chi connectivity index (χ2n) is 4.63. The van der Waals surface area contributed by atoms with Gasteiger partial charge in [0.25, 0.3) is 0 Å². The smallest absolute Gasteiger partial charge is 0.321 e. The molecule has 0 fully saturated rings. The van der Waals surface area contributed by atoms with Gasteiger partial charge in [-0.25, -0.2) is 0 Å². The van der Waals surface area contributed by atoms with Gasteiger partial charge in [-0.05, 0) is 11.8 Å². The van der Waals surface area contributed by atoms with Gasteiger partial charge in [0.05, 0.1) is 0 Å². The molecule has 1 rings (SSSR count). The highest BCUT2D eigenvalue weighted by molar-refractivity contribution is 5.18. The lowest BCUT2D eigenvalue weighted by molar-refractivity contribution is 0.0556. The number of anilines is 1. The molecule has 0 aliphatic heterocycles. The average Bonchev–Trinajstić information content (AvgIpc) is 2.64. The number of ether oxygens (including phenoxy) is 1. The zero-order valence-corrected chi connectivity index (χ0v) is 10.7. The van der Waals surface area contributed by atoms with Crippen LogP contribution >= 0.6 is 0 Å². The van der Waals surface area contributed by atoms with Crippen molar-refractivity contribution in [2.45, 2.75) is 33.8 Å². The Kier molecular flexibility index (Phi) is 4.73. The molecule has 5 heteroatoms. The first-order valence-corrected chi connectivity index (χ1v) is 5.64. The first-order valence-electron chi connectivity index (χ1n) is 5.64. The Morgan fingerprint density at radius 1 is 1.31 bits per heavy atom. The Hall–Kier alpha value is -1.10. The van der Waals surface area contributed by atoms with Gasteiger partial charge >= 0.3 is 6.01 Å². The third-order valence-electron chi connectivity index (χ3n) is 2.22. The zero-order chi connectivity index (χ0) is 12.1. The van der Waals surface area contributed by atoms with Gasteiger partial charge < -0.3 is 14.6 Å². The predicted octanol–water partition coefficient (Wildman–Crippen LogP) is 2.48. The van der Waals surface area contributed by atoms with Gasteiger partial charge in [-0.1, -0.05) is 32.9 Å². The highest BCUT2D eigenvalue weighted by Gasteiger charge is 2.21. The van der Waals surface area contributed by atoms with Crippen LogP contribution in [0.15, 0.2) is 4.52 Å². The van der Waals surface area contributed by atoms with E-state index >= 15 is 0 Å². The summed E-state index contributed by atoms with van der Waals surface area (Å²) in [5.74, 6) is 1.46. The van der Waals surface area contributed by atoms with Crippen LogP contribution in [0.4, 0.5) is 6.01 Å². The van der Waals surface area contributed by atoms with Gasteiger partial charge in [0.1, 0.15) is 6.10 Å². The second kappa shape index (κ2) is 5.84. The lowest BCUT2D eigenvalue weighted by atomic mass is 10.1. The Morgan fingerprint density at radius 2 is 2.00 bits per heavy atom. The minimum Gasteiger partial charge on any atom is -0.373 e. The molecule has 0 radical (unpaired) electrons. The maximum Gasteiger partial charge on any atom is 0.321 e. The van der Waals surface area contributed by atoms with Crippen molar-refractivity contribution in [2.75, 3.05) is 19.0 Å². The normalized spacial score (nSPS) is 13.4. The van der Waals surface area contributed by atoms with Crippen LogP contribution in [0.3, 0.4) is 0 Å². The fraction of sp³-hybridized carbons (Fsp3) is 0.818. The first-order chi connectivity index (χ1) is 7.54. The summed E-state index contributed by atoms with van der Waals surface area (Å²) in [6.45, 7) is 9.19. The van der Waals surface area contributed by atoms with E-state index in [0.29, 0.717) is 23.7 Å². The van der Waals surface area contributed by atoms with Crippen molar-refractivity contribution < 1.29 is 9.26 Å².